The van der Waals surface area contributed by atoms with Crippen LogP contribution in [0.25, 0.3) is 0 Å². The van der Waals surface area contributed by atoms with Crippen molar-refractivity contribution in [2.24, 2.45) is 0 Å². The first-order valence-electron chi connectivity index (χ1n) is 3.37. The zero-order valence-corrected chi connectivity index (χ0v) is 8.85. The average Bonchev–Trinajstić information content (AvgIpc) is 1.88. The first-order valence-corrected chi connectivity index (χ1v) is 5.30. The molecule has 0 fully saturated rings. The second-order valence-corrected chi connectivity index (χ2v) is 3.22. The van der Waals surface area contributed by atoms with Crippen LogP contribution in [0.15, 0.2) is 12.1 Å². The molecular weight excluding hydrogens is 202 g/mol. The molecule has 0 rings (SSSR count). The summed E-state index contributed by atoms with van der Waals surface area (Å²) in [7, 11) is -3.69. The highest BCUT2D eigenvalue weighted by Gasteiger charge is 2.17. The molecule has 0 aliphatic carbocycles. The monoisotopic (exact) mass is 216 g/mol. The van der Waals surface area contributed by atoms with Gasteiger partial charge in [0.15, 0.2) is 0 Å². The van der Waals surface area contributed by atoms with Gasteiger partial charge in [0.05, 0.1) is 13.2 Å². The molecule has 0 atom stereocenters. The van der Waals surface area contributed by atoms with Crippen LogP contribution in [0.3, 0.4) is 0 Å². The number of rotatable bonds is 4. The van der Waals surface area contributed by atoms with E-state index in [0.717, 1.165) is 0 Å². The molecule has 12 heavy (non-hydrogen) atoms. The molecule has 0 saturated carbocycles. The lowest BCUT2D eigenvalue weighted by Gasteiger charge is -2.07. The lowest BCUT2D eigenvalue weighted by molar-refractivity contribution is 0.161. The SMILES string of the molecule is C=CCl.CCOP(=O)(O)OCC. The Balaban J connectivity index is 0. The number of phosphoric ester groups is 1. The van der Waals surface area contributed by atoms with Crippen molar-refractivity contribution in [2.45, 2.75) is 13.8 Å². The topological polar surface area (TPSA) is 55.8 Å². The molecule has 1 N–H and O–H groups in total. The molecular formula is C6H14ClO4P. The standard InChI is InChI=1S/C4H11O4P.C2H3Cl/c1-3-7-9(5,6)8-4-2;1-2-3/h3-4H2,1-2H3,(H,5,6);2H,1H2. The minimum Gasteiger partial charge on any atom is -0.302 e. The Morgan fingerprint density at radius 1 is 1.50 bits per heavy atom. The molecule has 0 saturated heterocycles. The minimum absolute atomic E-state index is 0.188. The fourth-order valence-corrected chi connectivity index (χ4v) is 1.09. The van der Waals surface area contributed by atoms with E-state index in [4.69, 9.17) is 16.5 Å². The molecule has 74 valence electrons. The van der Waals surface area contributed by atoms with Crippen LogP contribution in [0.5, 0.6) is 0 Å². The second-order valence-electron chi connectivity index (χ2n) is 1.46. The first kappa shape index (κ1) is 14.7. The lowest BCUT2D eigenvalue weighted by Crippen LogP contribution is -1.93. The Hall–Kier alpha value is 0.140. The molecule has 0 aliphatic heterocycles. The van der Waals surface area contributed by atoms with Crippen molar-refractivity contribution >= 4 is 19.4 Å². The van der Waals surface area contributed by atoms with E-state index in [9.17, 15) is 4.57 Å². The predicted molar refractivity (Wildman–Crippen MR) is 49.1 cm³/mol. The predicted octanol–water partition coefficient (Wildman–Crippen LogP) is 2.53. The van der Waals surface area contributed by atoms with E-state index in [0.29, 0.717) is 0 Å². The van der Waals surface area contributed by atoms with Gasteiger partial charge in [0.25, 0.3) is 0 Å². The molecule has 0 radical (unpaired) electrons. The van der Waals surface area contributed by atoms with Gasteiger partial charge in [0.1, 0.15) is 0 Å². The molecule has 0 unspecified atom stereocenters. The van der Waals surface area contributed by atoms with Crippen LogP contribution in [-0.4, -0.2) is 18.1 Å². The second kappa shape index (κ2) is 9.23. The third-order valence-corrected chi connectivity index (χ3v) is 1.75. The van der Waals surface area contributed by atoms with Crippen LogP contribution in [0.1, 0.15) is 13.8 Å². The van der Waals surface area contributed by atoms with E-state index in [2.05, 4.69) is 15.6 Å². The van der Waals surface area contributed by atoms with Crippen molar-refractivity contribution in [3.63, 3.8) is 0 Å². The molecule has 0 aliphatic rings. The lowest BCUT2D eigenvalue weighted by atomic mass is 10.9. The maximum Gasteiger partial charge on any atom is 0.472 e. The van der Waals surface area contributed by atoms with Gasteiger partial charge < -0.3 is 4.89 Å². The highest BCUT2D eigenvalue weighted by Crippen LogP contribution is 2.42. The molecule has 0 aromatic rings. The molecule has 0 spiro atoms. The third kappa shape index (κ3) is 12.8. The highest BCUT2D eigenvalue weighted by molar-refractivity contribution is 7.47. The summed E-state index contributed by atoms with van der Waals surface area (Å²) in [5, 5.41) is 0. The van der Waals surface area contributed by atoms with Crippen molar-refractivity contribution in [3.05, 3.63) is 12.1 Å². The van der Waals surface area contributed by atoms with Crippen molar-refractivity contribution in [1.29, 1.82) is 0 Å². The number of halogens is 1. The number of phosphoric acid groups is 1. The summed E-state index contributed by atoms with van der Waals surface area (Å²) in [5.41, 5.74) is 1.22. The van der Waals surface area contributed by atoms with Gasteiger partial charge in [-0.2, -0.15) is 0 Å². The Labute approximate surface area is 77.8 Å². The highest BCUT2D eigenvalue weighted by atomic mass is 35.5. The summed E-state index contributed by atoms with van der Waals surface area (Å²) in [5.74, 6) is 0. The molecule has 0 amide bonds. The Morgan fingerprint density at radius 3 is 1.92 bits per heavy atom. The fraction of sp³-hybridized carbons (Fsp3) is 0.667. The van der Waals surface area contributed by atoms with Gasteiger partial charge in [-0.1, -0.05) is 18.2 Å². The number of hydrogen-bond donors (Lipinski definition) is 1. The van der Waals surface area contributed by atoms with E-state index in [-0.39, 0.29) is 13.2 Å². The van der Waals surface area contributed by atoms with E-state index in [1.54, 1.807) is 13.8 Å². The quantitative estimate of drug-likeness (QED) is 0.734. The van der Waals surface area contributed by atoms with Gasteiger partial charge in [0.2, 0.25) is 0 Å². The normalized spacial score (nSPS) is 10.0. The van der Waals surface area contributed by atoms with Gasteiger partial charge in [0, 0.05) is 0 Å². The van der Waals surface area contributed by atoms with Crippen LogP contribution < -0.4 is 0 Å². The van der Waals surface area contributed by atoms with E-state index < -0.39 is 7.82 Å². The molecule has 0 heterocycles. The zero-order valence-electron chi connectivity index (χ0n) is 7.20. The summed E-state index contributed by atoms with van der Waals surface area (Å²) in [6.45, 7) is 6.76. The Morgan fingerprint density at radius 2 is 1.75 bits per heavy atom. The number of hydrogen-bond acceptors (Lipinski definition) is 3. The van der Waals surface area contributed by atoms with E-state index in [1.165, 1.54) is 5.54 Å². The van der Waals surface area contributed by atoms with Crippen molar-refractivity contribution < 1.29 is 18.5 Å². The summed E-state index contributed by atoms with van der Waals surface area (Å²) >= 11 is 4.76. The molecule has 6 heteroatoms. The van der Waals surface area contributed by atoms with Gasteiger partial charge in [-0.25, -0.2) is 4.57 Å². The largest absolute Gasteiger partial charge is 0.472 e. The van der Waals surface area contributed by atoms with Gasteiger partial charge in [-0.15, -0.1) is 0 Å². The van der Waals surface area contributed by atoms with Gasteiger partial charge in [-0.05, 0) is 19.4 Å². The summed E-state index contributed by atoms with van der Waals surface area (Å²) in [6.07, 6.45) is 0. The summed E-state index contributed by atoms with van der Waals surface area (Å²) in [6, 6.07) is 0. The van der Waals surface area contributed by atoms with Crippen LogP contribution in [0.4, 0.5) is 0 Å². The van der Waals surface area contributed by atoms with Gasteiger partial charge >= 0.3 is 7.82 Å². The smallest absolute Gasteiger partial charge is 0.302 e. The van der Waals surface area contributed by atoms with Crippen LogP contribution in [0.2, 0.25) is 0 Å². The van der Waals surface area contributed by atoms with E-state index in [1.807, 2.05) is 0 Å². The Bertz CT molecular complexity index is 140. The average molecular weight is 217 g/mol. The van der Waals surface area contributed by atoms with Crippen LogP contribution >= 0.6 is 19.4 Å². The maximum absolute atomic E-state index is 10.5. The molecule has 4 nitrogen and oxygen atoms in total. The summed E-state index contributed by atoms with van der Waals surface area (Å²) < 4.78 is 19.2. The maximum atomic E-state index is 10.5. The summed E-state index contributed by atoms with van der Waals surface area (Å²) in [4.78, 5) is 8.63. The van der Waals surface area contributed by atoms with Crippen LogP contribution in [-0.2, 0) is 13.6 Å². The van der Waals surface area contributed by atoms with Crippen molar-refractivity contribution in [2.75, 3.05) is 13.2 Å². The van der Waals surface area contributed by atoms with Gasteiger partial charge in [-0.3, -0.25) is 9.05 Å². The molecule has 0 aromatic heterocycles. The fourth-order valence-electron chi connectivity index (χ4n) is 0.364. The van der Waals surface area contributed by atoms with Crippen molar-refractivity contribution in [1.82, 2.24) is 0 Å². The van der Waals surface area contributed by atoms with E-state index >= 15 is 0 Å². The first-order chi connectivity index (χ1) is 5.54. The van der Waals surface area contributed by atoms with Crippen LogP contribution in [0, 0.1) is 0 Å². The van der Waals surface area contributed by atoms with Crippen molar-refractivity contribution in [3.8, 4) is 0 Å². The molecule has 0 bridgehead atoms. The minimum atomic E-state index is -3.69. The third-order valence-electron chi connectivity index (χ3n) is 0.584. The molecule has 0 aromatic carbocycles. The zero-order chi connectivity index (χ0) is 10.0. The Kier molecular flexibility index (Phi) is 11.3.